The molecule has 0 spiro atoms. The summed E-state index contributed by atoms with van der Waals surface area (Å²) in [4.78, 5) is 0. The highest BCUT2D eigenvalue weighted by Crippen LogP contribution is 2.32. The highest BCUT2D eigenvalue weighted by molar-refractivity contribution is 5.44. The molecule has 14 heavy (non-hydrogen) atoms. The number of nitrogens with one attached hydrogen (secondary N) is 1. The van der Waals surface area contributed by atoms with Gasteiger partial charge < -0.3 is 5.32 Å². The van der Waals surface area contributed by atoms with Crippen molar-refractivity contribution >= 4 is 5.69 Å². The minimum Gasteiger partial charge on any atom is -0.383 e. The molecule has 0 heterocycles. The van der Waals surface area contributed by atoms with Crippen LogP contribution in [0.25, 0.3) is 0 Å². The molecule has 0 amide bonds. The maximum atomic E-state index is 13.1. The van der Waals surface area contributed by atoms with Crippen molar-refractivity contribution in [3.8, 4) is 0 Å². The number of anilines is 1. The lowest BCUT2D eigenvalue weighted by Gasteiger charge is -2.06. The van der Waals surface area contributed by atoms with Crippen LogP contribution in [0.2, 0.25) is 0 Å². The lowest BCUT2D eigenvalue weighted by atomic mass is 10.2. The van der Waals surface area contributed by atoms with Crippen LogP contribution >= 0.6 is 0 Å². The maximum Gasteiger partial charge on any atom is 0.181 e. The Labute approximate surface area is 82.1 Å². The van der Waals surface area contributed by atoms with E-state index in [0.717, 1.165) is 24.9 Å². The molecule has 1 saturated carbocycles. The maximum absolute atomic E-state index is 13.1. The predicted octanol–water partition coefficient (Wildman–Crippen LogP) is 3.18. The van der Waals surface area contributed by atoms with Crippen LogP contribution in [0.1, 0.15) is 19.3 Å². The van der Waals surface area contributed by atoms with Gasteiger partial charge in [0.05, 0.1) is 5.69 Å². The standard InChI is InChI=1S/C11H13F2N/c12-9-2-1-3-10(11(9)13)14-7-6-8-4-5-8/h1-3,8,14H,4-7H2. The Morgan fingerprint density at radius 2 is 2.07 bits per heavy atom. The average Bonchev–Trinajstić information content (AvgIpc) is 2.96. The Bertz CT molecular complexity index is 321. The second-order valence-corrected chi connectivity index (χ2v) is 3.76. The Hall–Kier alpha value is -1.12. The van der Waals surface area contributed by atoms with E-state index in [1.54, 1.807) is 6.07 Å². The smallest absolute Gasteiger partial charge is 0.181 e. The fourth-order valence-corrected chi connectivity index (χ4v) is 1.46. The summed E-state index contributed by atoms with van der Waals surface area (Å²) in [5.41, 5.74) is 0.269. The highest BCUT2D eigenvalue weighted by atomic mass is 19.2. The molecule has 0 atom stereocenters. The van der Waals surface area contributed by atoms with Crippen LogP contribution < -0.4 is 5.32 Å². The first-order chi connectivity index (χ1) is 6.77. The van der Waals surface area contributed by atoms with Gasteiger partial charge in [-0.05, 0) is 24.5 Å². The van der Waals surface area contributed by atoms with Crippen LogP contribution in [0, 0.1) is 17.6 Å². The Morgan fingerprint density at radius 3 is 2.79 bits per heavy atom. The average molecular weight is 197 g/mol. The van der Waals surface area contributed by atoms with Crippen molar-refractivity contribution in [1.82, 2.24) is 0 Å². The van der Waals surface area contributed by atoms with Crippen molar-refractivity contribution in [2.24, 2.45) is 5.92 Å². The Kier molecular flexibility index (Phi) is 2.66. The molecule has 2 rings (SSSR count). The monoisotopic (exact) mass is 197 g/mol. The predicted molar refractivity (Wildman–Crippen MR) is 52.2 cm³/mol. The lowest BCUT2D eigenvalue weighted by Crippen LogP contribution is -2.04. The van der Waals surface area contributed by atoms with Gasteiger partial charge >= 0.3 is 0 Å². The first-order valence-corrected chi connectivity index (χ1v) is 4.95. The van der Waals surface area contributed by atoms with E-state index in [9.17, 15) is 8.78 Å². The lowest BCUT2D eigenvalue weighted by molar-refractivity contribution is 0.510. The number of hydrogen-bond donors (Lipinski definition) is 1. The quantitative estimate of drug-likeness (QED) is 0.781. The van der Waals surface area contributed by atoms with Crippen LogP contribution in [0.4, 0.5) is 14.5 Å². The minimum atomic E-state index is -0.790. The number of hydrogen-bond acceptors (Lipinski definition) is 1. The van der Waals surface area contributed by atoms with E-state index in [0.29, 0.717) is 0 Å². The summed E-state index contributed by atoms with van der Waals surface area (Å²) in [6.45, 7) is 0.727. The van der Waals surface area contributed by atoms with E-state index in [1.807, 2.05) is 0 Å². The molecule has 1 aliphatic carbocycles. The van der Waals surface area contributed by atoms with Gasteiger partial charge in [-0.25, -0.2) is 8.78 Å². The molecule has 1 aromatic carbocycles. The zero-order valence-corrected chi connectivity index (χ0v) is 7.89. The summed E-state index contributed by atoms with van der Waals surface area (Å²) in [6.07, 6.45) is 3.62. The Balaban J connectivity index is 1.90. The van der Waals surface area contributed by atoms with E-state index in [4.69, 9.17) is 0 Å². The van der Waals surface area contributed by atoms with Crippen molar-refractivity contribution in [1.29, 1.82) is 0 Å². The van der Waals surface area contributed by atoms with Crippen molar-refractivity contribution in [2.45, 2.75) is 19.3 Å². The molecule has 1 aromatic rings. The van der Waals surface area contributed by atoms with Crippen molar-refractivity contribution < 1.29 is 8.78 Å². The van der Waals surface area contributed by atoms with Gasteiger partial charge in [0.1, 0.15) is 0 Å². The normalized spacial score (nSPS) is 15.6. The van der Waals surface area contributed by atoms with Gasteiger partial charge in [0, 0.05) is 6.54 Å². The van der Waals surface area contributed by atoms with Crippen LogP contribution in [0.15, 0.2) is 18.2 Å². The van der Waals surface area contributed by atoms with Crippen LogP contribution in [0.3, 0.4) is 0 Å². The van der Waals surface area contributed by atoms with Gasteiger partial charge in [-0.1, -0.05) is 18.9 Å². The van der Waals surface area contributed by atoms with E-state index in [1.165, 1.54) is 18.9 Å². The third-order valence-corrected chi connectivity index (χ3v) is 2.52. The van der Waals surface area contributed by atoms with Crippen LogP contribution in [0.5, 0.6) is 0 Å². The summed E-state index contributed by atoms with van der Waals surface area (Å²) in [5.74, 6) is -0.760. The summed E-state index contributed by atoms with van der Waals surface area (Å²) in [5, 5.41) is 2.91. The first-order valence-electron chi connectivity index (χ1n) is 4.95. The number of rotatable bonds is 4. The van der Waals surface area contributed by atoms with Crippen LogP contribution in [-0.4, -0.2) is 6.54 Å². The minimum absolute atomic E-state index is 0.269. The van der Waals surface area contributed by atoms with Crippen molar-refractivity contribution in [3.63, 3.8) is 0 Å². The fraction of sp³-hybridized carbons (Fsp3) is 0.455. The molecule has 0 saturated heterocycles. The first kappa shape index (κ1) is 9.44. The van der Waals surface area contributed by atoms with Crippen molar-refractivity contribution in [3.05, 3.63) is 29.8 Å². The third-order valence-electron chi connectivity index (χ3n) is 2.52. The molecule has 1 nitrogen and oxygen atoms in total. The molecular weight excluding hydrogens is 184 g/mol. The van der Waals surface area contributed by atoms with Crippen molar-refractivity contribution in [2.75, 3.05) is 11.9 Å². The zero-order chi connectivity index (χ0) is 9.97. The van der Waals surface area contributed by atoms with Gasteiger partial charge in [-0.15, -0.1) is 0 Å². The van der Waals surface area contributed by atoms with Gasteiger partial charge in [0.25, 0.3) is 0 Å². The highest BCUT2D eigenvalue weighted by Gasteiger charge is 2.20. The molecule has 0 bridgehead atoms. The summed E-state index contributed by atoms with van der Waals surface area (Å²) >= 11 is 0. The van der Waals surface area contributed by atoms with Gasteiger partial charge in [-0.2, -0.15) is 0 Å². The molecule has 0 aliphatic heterocycles. The third kappa shape index (κ3) is 2.22. The molecule has 0 unspecified atom stereocenters. The van der Waals surface area contributed by atoms with E-state index < -0.39 is 11.6 Å². The van der Waals surface area contributed by atoms with Gasteiger partial charge in [0.15, 0.2) is 11.6 Å². The molecule has 0 radical (unpaired) electrons. The molecule has 76 valence electrons. The van der Waals surface area contributed by atoms with Gasteiger partial charge in [-0.3, -0.25) is 0 Å². The molecule has 3 heteroatoms. The molecule has 0 aromatic heterocycles. The SMILES string of the molecule is Fc1cccc(NCCC2CC2)c1F. The second kappa shape index (κ2) is 3.95. The zero-order valence-electron chi connectivity index (χ0n) is 7.89. The fourth-order valence-electron chi connectivity index (χ4n) is 1.46. The summed E-state index contributed by atoms with van der Waals surface area (Å²) < 4.78 is 25.9. The molecular formula is C11H13F2N. The van der Waals surface area contributed by atoms with E-state index in [2.05, 4.69) is 5.32 Å². The van der Waals surface area contributed by atoms with Crippen LogP contribution in [-0.2, 0) is 0 Å². The molecule has 1 aliphatic rings. The molecule has 1 N–H and O–H groups in total. The van der Waals surface area contributed by atoms with E-state index >= 15 is 0 Å². The Morgan fingerprint density at radius 1 is 1.29 bits per heavy atom. The number of halogens is 2. The van der Waals surface area contributed by atoms with E-state index in [-0.39, 0.29) is 5.69 Å². The molecule has 1 fully saturated rings. The summed E-state index contributed by atoms with van der Waals surface area (Å²) in [6, 6.07) is 4.20. The van der Waals surface area contributed by atoms with Gasteiger partial charge in [0.2, 0.25) is 0 Å². The summed E-state index contributed by atoms with van der Waals surface area (Å²) in [7, 11) is 0. The largest absolute Gasteiger partial charge is 0.383 e. The number of benzene rings is 1. The second-order valence-electron chi connectivity index (χ2n) is 3.76. The topological polar surface area (TPSA) is 12.0 Å².